The molecule has 0 fully saturated rings. The molecule has 0 aliphatic heterocycles. The third-order valence-electron chi connectivity index (χ3n) is 8.25. The van der Waals surface area contributed by atoms with E-state index in [0.717, 1.165) is 0 Å². The molecule has 0 atom stereocenters. The van der Waals surface area contributed by atoms with Gasteiger partial charge in [0, 0.05) is 37.6 Å². The Labute approximate surface area is 392 Å². The SMILES string of the molecule is C.C.C.C.CNC(=O)c1cc(C#N)cc(C)c1NC(=O)c1cc(Cl)nn1-c1ncccc1Cl.Cc1cc(C#N)cc(C(=O)NC(C)C)c1NC(=O)c1cc(Cl)nn1-c1ncccc1Cl. The maximum absolute atomic E-state index is 13.1. The van der Waals surface area contributed by atoms with E-state index in [4.69, 9.17) is 51.7 Å². The minimum Gasteiger partial charge on any atom is -0.355 e. The van der Waals surface area contributed by atoms with Gasteiger partial charge in [0.2, 0.25) is 0 Å². The summed E-state index contributed by atoms with van der Waals surface area (Å²) in [6.45, 7) is 7.01. The monoisotopic (exact) mass is 948 g/mol. The number of halogens is 4. The Balaban J connectivity index is 0.000000603. The van der Waals surface area contributed by atoms with Crippen molar-refractivity contribution in [3.05, 3.63) is 138 Å². The van der Waals surface area contributed by atoms with E-state index in [2.05, 4.69) is 41.4 Å². The summed E-state index contributed by atoms with van der Waals surface area (Å²) < 4.78 is 2.45. The van der Waals surface area contributed by atoms with Crippen LogP contribution in [0.4, 0.5) is 11.4 Å². The average molecular weight is 951 g/mol. The number of carbonyl (C=O) groups excluding carboxylic acids is 4. The van der Waals surface area contributed by atoms with E-state index in [1.807, 2.05) is 26.0 Å². The number of aromatic nitrogens is 6. The van der Waals surface area contributed by atoms with Crippen molar-refractivity contribution in [1.82, 2.24) is 40.2 Å². The van der Waals surface area contributed by atoms with E-state index < -0.39 is 23.6 Å². The molecule has 0 aliphatic rings. The lowest BCUT2D eigenvalue weighted by Crippen LogP contribution is -2.31. The average Bonchev–Trinajstić information content (AvgIpc) is 3.81. The highest BCUT2D eigenvalue weighted by Crippen LogP contribution is 2.28. The summed E-state index contributed by atoms with van der Waals surface area (Å²) in [5, 5.41) is 38.0. The molecule has 0 saturated heterocycles. The molecule has 16 nitrogen and oxygen atoms in total. The first-order chi connectivity index (χ1) is 28.6. The van der Waals surface area contributed by atoms with Gasteiger partial charge >= 0.3 is 0 Å². The summed E-state index contributed by atoms with van der Waals surface area (Å²) in [7, 11) is 1.46. The molecule has 20 heteroatoms. The molecule has 4 heterocycles. The molecule has 0 radical (unpaired) electrons. The minimum atomic E-state index is -0.580. The van der Waals surface area contributed by atoms with Crippen LogP contribution < -0.4 is 21.3 Å². The molecule has 0 saturated carbocycles. The molecule has 4 aromatic heterocycles. The summed E-state index contributed by atoms with van der Waals surface area (Å²) >= 11 is 24.4. The van der Waals surface area contributed by atoms with E-state index in [9.17, 15) is 24.4 Å². The fourth-order valence-corrected chi connectivity index (χ4v) is 6.40. The highest BCUT2D eigenvalue weighted by Gasteiger charge is 2.24. The molecule has 4 N–H and O–H groups in total. The first-order valence-electron chi connectivity index (χ1n) is 17.5. The number of nitrogens with zero attached hydrogens (tertiary/aromatic N) is 8. The zero-order valence-corrected chi connectivity index (χ0v) is 35.3. The smallest absolute Gasteiger partial charge is 0.274 e. The van der Waals surface area contributed by atoms with Gasteiger partial charge in [-0.1, -0.05) is 76.1 Å². The number of nitrogens with one attached hydrogen (secondary N) is 4. The molecule has 0 spiro atoms. The molecular formula is C44H48Cl4N12O4. The van der Waals surface area contributed by atoms with Crippen LogP contribution in [-0.4, -0.2) is 66.2 Å². The highest BCUT2D eigenvalue weighted by molar-refractivity contribution is 6.33. The first kappa shape index (κ1) is 55.2. The minimum absolute atomic E-state index is 0. The Morgan fingerprint density at radius 1 is 0.625 bits per heavy atom. The van der Waals surface area contributed by atoms with Crippen molar-refractivity contribution in [2.75, 3.05) is 17.7 Å². The molecule has 2 aromatic carbocycles. The van der Waals surface area contributed by atoms with Crippen LogP contribution in [0.15, 0.2) is 73.1 Å². The molecule has 0 unspecified atom stereocenters. The summed E-state index contributed by atoms with van der Waals surface area (Å²) in [5.41, 5.74) is 2.72. The van der Waals surface area contributed by atoms with Gasteiger partial charge in [-0.2, -0.15) is 20.7 Å². The summed E-state index contributed by atoms with van der Waals surface area (Å²) in [5.74, 6) is -1.55. The molecule has 4 amide bonds. The molecule has 0 aliphatic carbocycles. The van der Waals surface area contributed by atoms with Crippen LogP contribution in [0.3, 0.4) is 0 Å². The van der Waals surface area contributed by atoms with Crippen LogP contribution in [0.25, 0.3) is 11.6 Å². The van der Waals surface area contributed by atoms with E-state index in [-0.39, 0.29) is 102 Å². The Morgan fingerprint density at radius 3 is 1.36 bits per heavy atom. The number of benzene rings is 2. The van der Waals surface area contributed by atoms with Crippen LogP contribution in [0.5, 0.6) is 0 Å². The van der Waals surface area contributed by atoms with Crippen LogP contribution in [0.1, 0.15) is 108 Å². The number of nitriles is 2. The zero-order chi connectivity index (χ0) is 43.8. The van der Waals surface area contributed by atoms with E-state index in [1.165, 1.54) is 53.1 Å². The van der Waals surface area contributed by atoms with E-state index in [1.54, 1.807) is 50.2 Å². The van der Waals surface area contributed by atoms with Gasteiger partial charge in [-0.15, -0.1) is 0 Å². The van der Waals surface area contributed by atoms with Gasteiger partial charge in [-0.05, 0) is 87.4 Å². The van der Waals surface area contributed by atoms with Crippen molar-refractivity contribution in [1.29, 1.82) is 10.5 Å². The number of aryl methyl sites for hydroxylation is 2. The molecule has 64 heavy (non-hydrogen) atoms. The second kappa shape index (κ2) is 24.1. The van der Waals surface area contributed by atoms with Gasteiger partial charge in [-0.25, -0.2) is 19.3 Å². The van der Waals surface area contributed by atoms with Crippen LogP contribution in [-0.2, 0) is 0 Å². The Bertz CT molecular complexity index is 2750. The van der Waals surface area contributed by atoms with Crippen LogP contribution >= 0.6 is 46.4 Å². The fourth-order valence-electron chi connectivity index (χ4n) is 5.64. The van der Waals surface area contributed by atoms with Crippen molar-refractivity contribution < 1.29 is 19.2 Å². The predicted molar refractivity (Wildman–Crippen MR) is 253 cm³/mol. The van der Waals surface area contributed by atoms with Gasteiger partial charge in [0.05, 0.1) is 55.8 Å². The van der Waals surface area contributed by atoms with Gasteiger partial charge < -0.3 is 21.3 Å². The van der Waals surface area contributed by atoms with Gasteiger partial charge in [0.1, 0.15) is 11.4 Å². The first-order valence-corrected chi connectivity index (χ1v) is 19.1. The summed E-state index contributed by atoms with van der Waals surface area (Å²) in [6, 6.07) is 19.1. The topological polar surface area (TPSA) is 225 Å². The normalized spacial score (nSPS) is 9.81. The predicted octanol–water partition coefficient (Wildman–Crippen LogP) is 10.1. The second-order valence-electron chi connectivity index (χ2n) is 12.9. The highest BCUT2D eigenvalue weighted by atomic mass is 35.5. The van der Waals surface area contributed by atoms with Crippen molar-refractivity contribution >= 4 is 81.4 Å². The number of pyridine rings is 2. The molecule has 336 valence electrons. The van der Waals surface area contributed by atoms with Gasteiger partial charge in [-0.3, -0.25) is 19.2 Å². The third-order valence-corrected chi connectivity index (χ3v) is 9.21. The Hall–Kier alpha value is -6.82. The van der Waals surface area contributed by atoms with Crippen molar-refractivity contribution in [3.8, 4) is 23.8 Å². The Morgan fingerprint density at radius 2 is 1.02 bits per heavy atom. The standard InChI is InChI=1S/C21H18Cl2N6O2.C19H14Cl2N6O2.4CH4/c1-11(2)26-20(30)14-8-13(10-24)7-12(3)18(14)27-21(31)16-9-17(23)28-29(16)19-15(22)5-4-6-25-19;1-10-6-11(9-22)7-12(18(28)23-2)16(10)25-19(29)14-8-15(21)26-27(14)17-13(20)4-3-5-24-17;;;;/h4-9,11H,1-3H3,(H,26,30)(H,27,31);3-8H,1-2H3,(H,23,28)(H,25,29);4*1H4. The third kappa shape index (κ3) is 12.6. The number of hydrogen-bond acceptors (Lipinski definition) is 10. The van der Waals surface area contributed by atoms with Crippen LogP contribution in [0, 0.1) is 36.5 Å². The molecule has 6 aromatic rings. The van der Waals surface area contributed by atoms with Crippen LogP contribution in [0.2, 0.25) is 20.4 Å². The second-order valence-corrected chi connectivity index (χ2v) is 14.5. The van der Waals surface area contributed by atoms with Crippen molar-refractivity contribution in [2.24, 2.45) is 0 Å². The number of amides is 4. The number of carbonyl (C=O) groups is 4. The van der Waals surface area contributed by atoms with E-state index in [0.29, 0.717) is 22.3 Å². The Kier molecular flexibility index (Phi) is 20.8. The number of hydrogen-bond donors (Lipinski definition) is 4. The maximum atomic E-state index is 13.1. The summed E-state index contributed by atoms with van der Waals surface area (Å²) in [4.78, 5) is 59.4. The maximum Gasteiger partial charge on any atom is 0.274 e. The number of rotatable bonds is 9. The largest absolute Gasteiger partial charge is 0.355 e. The van der Waals surface area contributed by atoms with Gasteiger partial charge in [0.15, 0.2) is 21.9 Å². The molecule has 0 bridgehead atoms. The van der Waals surface area contributed by atoms with E-state index >= 15 is 0 Å². The lowest BCUT2D eigenvalue weighted by atomic mass is 10.0. The molecule has 6 rings (SSSR count). The van der Waals surface area contributed by atoms with Crippen molar-refractivity contribution in [3.63, 3.8) is 0 Å². The quantitative estimate of drug-likeness (QED) is 0.107. The zero-order valence-electron chi connectivity index (χ0n) is 32.2. The summed E-state index contributed by atoms with van der Waals surface area (Å²) in [6.07, 6.45) is 3.02. The molecular weight excluding hydrogens is 902 g/mol. The van der Waals surface area contributed by atoms with Gasteiger partial charge in [0.25, 0.3) is 23.6 Å². The lowest BCUT2D eigenvalue weighted by Gasteiger charge is -2.16. The van der Waals surface area contributed by atoms with Crippen molar-refractivity contribution in [2.45, 2.75) is 63.4 Å². The fraction of sp³-hybridized carbons (Fsp3) is 0.227. The number of anilines is 2. The lowest BCUT2D eigenvalue weighted by molar-refractivity contribution is 0.0940.